The van der Waals surface area contributed by atoms with Gasteiger partial charge in [0.2, 0.25) is 0 Å². The van der Waals surface area contributed by atoms with E-state index in [9.17, 15) is 9.50 Å². The number of aliphatic hydroxyl groups is 1. The maximum absolute atomic E-state index is 15.0. The summed E-state index contributed by atoms with van der Waals surface area (Å²) >= 11 is 0. The van der Waals surface area contributed by atoms with E-state index >= 15 is 0 Å². The van der Waals surface area contributed by atoms with Gasteiger partial charge >= 0.3 is 0 Å². The molecule has 7 nitrogen and oxygen atoms in total. The van der Waals surface area contributed by atoms with E-state index in [1.54, 1.807) is 31.4 Å². The number of benzene rings is 2. The summed E-state index contributed by atoms with van der Waals surface area (Å²) in [6.45, 7) is 0.296. The van der Waals surface area contributed by atoms with Crippen LogP contribution in [0.25, 0.3) is 0 Å². The summed E-state index contributed by atoms with van der Waals surface area (Å²) in [5.41, 5.74) is 5.00. The van der Waals surface area contributed by atoms with Gasteiger partial charge in [-0.15, -0.1) is 0 Å². The third-order valence-electron chi connectivity index (χ3n) is 5.28. The van der Waals surface area contributed by atoms with Gasteiger partial charge in [0.1, 0.15) is 23.7 Å². The monoisotopic (exact) mass is 372 g/mol. The van der Waals surface area contributed by atoms with Crippen LogP contribution in [-0.2, 0) is 20.6 Å². The normalized spacial score (nSPS) is 24.2. The molecule has 1 saturated heterocycles. The quantitative estimate of drug-likeness (QED) is 0.834. The fourth-order valence-electron chi connectivity index (χ4n) is 3.75. The van der Waals surface area contributed by atoms with Crippen LogP contribution < -0.4 is 15.2 Å². The summed E-state index contributed by atoms with van der Waals surface area (Å²) in [6, 6.07) is 8.16. The van der Waals surface area contributed by atoms with E-state index in [4.69, 9.17) is 24.7 Å². The van der Waals surface area contributed by atoms with Gasteiger partial charge in [0.05, 0.1) is 20.3 Å². The first-order chi connectivity index (χ1) is 12.9. The number of ether oxygens (including phenoxy) is 4. The summed E-state index contributed by atoms with van der Waals surface area (Å²) in [4.78, 5) is 4.50. The Hall–Kier alpha value is -2.84. The lowest BCUT2D eigenvalue weighted by Gasteiger charge is -2.39. The predicted octanol–water partition coefficient (Wildman–Crippen LogP) is 1.75. The Morgan fingerprint density at radius 1 is 1.19 bits per heavy atom. The van der Waals surface area contributed by atoms with Crippen LogP contribution in [0.4, 0.5) is 4.39 Å². The van der Waals surface area contributed by atoms with Crippen LogP contribution in [0, 0.1) is 5.82 Å². The minimum Gasteiger partial charge on any atom is -0.497 e. The van der Waals surface area contributed by atoms with E-state index in [2.05, 4.69) is 4.99 Å². The van der Waals surface area contributed by atoms with Crippen molar-refractivity contribution in [3.05, 3.63) is 52.8 Å². The maximum atomic E-state index is 15.0. The molecular weight excluding hydrogens is 355 g/mol. The van der Waals surface area contributed by atoms with Gasteiger partial charge < -0.3 is 29.8 Å². The lowest BCUT2D eigenvalue weighted by molar-refractivity contribution is -0.184. The van der Waals surface area contributed by atoms with Crippen LogP contribution in [0.15, 0.2) is 35.3 Å². The van der Waals surface area contributed by atoms with E-state index in [1.807, 2.05) is 0 Å². The molecule has 3 heterocycles. The van der Waals surface area contributed by atoms with Crippen LogP contribution in [0.2, 0.25) is 0 Å². The zero-order valence-electron chi connectivity index (χ0n) is 14.5. The highest BCUT2D eigenvalue weighted by Crippen LogP contribution is 2.53. The molecule has 0 saturated carbocycles. The molecule has 140 valence electrons. The van der Waals surface area contributed by atoms with Crippen molar-refractivity contribution in [1.82, 2.24) is 0 Å². The fourth-order valence-corrected chi connectivity index (χ4v) is 3.75. The maximum Gasteiger partial charge on any atom is 0.283 e. The molecule has 0 aliphatic carbocycles. The minimum absolute atomic E-state index is 0.00752. The predicted molar refractivity (Wildman–Crippen MR) is 92.5 cm³/mol. The Balaban J connectivity index is 1.77. The topological polar surface area (TPSA) is 95.5 Å². The van der Waals surface area contributed by atoms with Crippen molar-refractivity contribution in [3.63, 3.8) is 0 Å². The lowest BCUT2D eigenvalue weighted by atomic mass is 9.78. The number of fused-ring (bicyclic) bond motifs is 4. The first-order valence-electron chi connectivity index (χ1n) is 8.44. The molecule has 0 amide bonds. The zero-order valence-corrected chi connectivity index (χ0v) is 14.5. The van der Waals surface area contributed by atoms with Crippen molar-refractivity contribution >= 4 is 6.02 Å². The number of nitrogens with two attached hydrogens (primary N) is 1. The second kappa shape index (κ2) is 5.34. The number of amidine groups is 1. The third kappa shape index (κ3) is 2.17. The molecule has 3 aliphatic rings. The number of hydrogen-bond acceptors (Lipinski definition) is 7. The van der Waals surface area contributed by atoms with Gasteiger partial charge in [-0.05, 0) is 35.9 Å². The standard InChI is InChI=1S/C19H17FN2O5/c1-24-11-2-3-15-12(6-11)19(9-26-17(21)22-19)13-4-10(18(23)7-25-8-18)5-14(20)16(13)27-15/h2-6,23H,7-9H2,1H3,(H2,21,22). The van der Waals surface area contributed by atoms with Gasteiger partial charge in [0.15, 0.2) is 17.1 Å². The summed E-state index contributed by atoms with van der Waals surface area (Å²) in [5, 5.41) is 10.6. The molecular formula is C19H17FN2O5. The SMILES string of the molecule is COc1ccc2c(c1)C1(COC(N)=N1)c1cc(C3(O)COC3)cc(F)c1O2. The number of hydrogen-bond donors (Lipinski definition) is 2. The average Bonchev–Trinajstić information content (AvgIpc) is 3.03. The molecule has 0 bridgehead atoms. The van der Waals surface area contributed by atoms with Gasteiger partial charge in [-0.1, -0.05) is 0 Å². The van der Waals surface area contributed by atoms with E-state index in [0.717, 1.165) is 0 Å². The highest BCUT2D eigenvalue weighted by molar-refractivity contribution is 5.77. The molecule has 2 aromatic carbocycles. The highest BCUT2D eigenvalue weighted by atomic mass is 19.1. The lowest BCUT2D eigenvalue weighted by Crippen LogP contribution is -2.47. The Morgan fingerprint density at radius 3 is 2.63 bits per heavy atom. The molecule has 1 fully saturated rings. The van der Waals surface area contributed by atoms with Crippen LogP contribution in [0.1, 0.15) is 16.7 Å². The van der Waals surface area contributed by atoms with Gasteiger partial charge in [0, 0.05) is 11.1 Å². The van der Waals surface area contributed by atoms with Crippen molar-refractivity contribution in [1.29, 1.82) is 0 Å². The molecule has 1 spiro atoms. The molecule has 1 atom stereocenters. The molecule has 0 aromatic heterocycles. The molecule has 27 heavy (non-hydrogen) atoms. The van der Waals surface area contributed by atoms with Crippen LogP contribution >= 0.6 is 0 Å². The molecule has 3 N–H and O–H groups in total. The average molecular weight is 372 g/mol. The third-order valence-corrected chi connectivity index (χ3v) is 5.28. The van der Waals surface area contributed by atoms with Crippen molar-refractivity contribution in [3.8, 4) is 17.2 Å². The Labute approximate surface area is 154 Å². The second-order valence-corrected chi connectivity index (χ2v) is 6.92. The Morgan fingerprint density at radius 2 is 2.00 bits per heavy atom. The number of nitrogens with zero attached hydrogens (tertiary/aromatic N) is 1. The van der Waals surface area contributed by atoms with Crippen LogP contribution in [0.5, 0.6) is 17.2 Å². The largest absolute Gasteiger partial charge is 0.497 e. The number of halogens is 1. The first kappa shape index (κ1) is 16.3. The van der Waals surface area contributed by atoms with Gasteiger partial charge in [-0.25, -0.2) is 9.38 Å². The number of aliphatic imine (C=N–C) groups is 1. The van der Waals surface area contributed by atoms with E-state index < -0.39 is 17.0 Å². The molecule has 5 rings (SSSR count). The van der Waals surface area contributed by atoms with Gasteiger partial charge in [-0.3, -0.25) is 0 Å². The van der Waals surface area contributed by atoms with Crippen molar-refractivity contribution in [2.45, 2.75) is 11.1 Å². The smallest absolute Gasteiger partial charge is 0.283 e. The minimum atomic E-state index is -1.24. The van der Waals surface area contributed by atoms with E-state index in [0.29, 0.717) is 28.2 Å². The van der Waals surface area contributed by atoms with Crippen molar-refractivity contribution < 1.29 is 28.4 Å². The summed E-state index contributed by atoms with van der Waals surface area (Å²) < 4.78 is 36.7. The summed E-state index contributed by atoms with van der Waals surface area (Å²) in [5.74, 6) is 0.498. The Bertz CT molecular complexity index is 988. The summed E-state index contributed by atoms with van der Waals surface area (Å²) in [7, 11) is 1.55. The van der Waals surface area contributed by atoms with Crippen LogP contribution in [0.3, 0.4) is 0 Å². The van der Waals surface area contributed by atoms with E-state index in [1.165, 1.54) is 6.07 Å². The fraction of sp³-hybridized carbons (Fsp3) is 0.316. The van der Waals surface area contributed by atoms with Crippen molar-refractivity contribution in [2.24, 2.45) is 10.7 Å². The zero-order chi connectivity index (χ0) is 18.8. The molecule has 1 unspecified atom stereocenters. The van der Waals surface area contributed by atoms with E-state index in [-0.39, 0.29) is 31.6 Å². The Kier molecular flexibility index (Phi) is 3.23. The van der Waals surface area contributed by atoms with Gasteiger partial charge in [-0.2, -0.15) is 0 Å². The number of methoxy groups -OCH3 is 1. The number of rotatable bonds is 2. The highest BCUT2D eigenvalue weighted by Gasteiger charge is 2.49. The second-order valence-electron chi connectivity index (χ2n) is 6.92. The molecule has 0 radical (unpaired) electrons. The van der Waals surface area contributed by atoms with Crippen LogP contribution in [-0.4, -0.2) is 38.1 Å². The van der Waals surface area contributed by atoms with Gasteiger partial charge in [0.25, 0.3) is 6.02 Å². The first-order valence-corrected chi connectivity index (χ1v) is 8.44. The summed E-state index contributed by atoms with van der Waals surface area (Å²) in [6.07, 6.45) is 0. The van der Waals surface area contributed by atoms with Crippen molar-refractivity contribution in [2.75, 3.05) is 26.9 Å². The molecule has 8 heteroatoms. The molecule has 2 aromatic rings. The molecule has 3 aliphatic heterocycles.